The Morgan fingerprint density at radius 2 is 1.79 bits per heavy atom. The van der Waals surface area contributed by atoms with Crippen LogP contribution >= 0.6 is 0 Å². The van der Waals surface area contributed by atoms with E-state index < -0.39 is 0 Å². The van der Waals surface area contributed by atoms with E-state index in [1.165, 1.54) is 4.57 Å². The summed E-state index contributed by atoms with van der Waals surface area (Å²) in [6.07, 6.45) is 2.08. The molecular weight excluding hydrogens is 238 g/mol. The number of hydrogen-bond acceptors (Lipinski definition) is 2. The van der Waals surface area contributed by atoms with E-state index in [9.17, 15) is 9.59 Å². The minimum Gasteiger partial charge on any atom is -0.294 e. The molecule has 3 nitrogen and oxygen atoms in total. The molecule has 1 aromatic heterocycles. The van der Waals surface area contributed by atoms with Crippen LogP contribution in [-0.2, 0) is 0 Å². The van der Waals surface area contributed by atoms with Gasteiger partial charge in [0.2, 0.25) is 0 Å². The number of ketones is 1. The molecule has 2 rings (SSSR count). The molecule has 0 bridgehead atoms. The summed E-state index contributed by atoms with van der Waals surface area (Å²) in [5, 5.41) is 0. The Hall–Kier alpha value is -2.16. The largest absolute Gasteiger partial charge is 0.294 e. The van der Waals surface area contributed by atoms with Crippen molar-refractivity contribution in [2.75, 3.05) is 0 Å². The zero-order valence-corrected chi connectivity index (χ0v) is 11.2. The molecule has 0 unspecified atom stereocenters. The zero-order chi connectivity index (χ0) is 13.8. The number of benzene rings is 1. The SMILES string of the molecule is CC(C)CC(=O)c1cccn(-c2ccccc2)c1=O. The molecule has 0 aliphatic rings. The Morgan fingerprint density at radius 3 is 2.42 bits per heavy atom. The number of nitrogens with zero attached hydrogens (tertiary/aromatic N) is 1. The molecule has 0 amide bonds. The molecule has 0 N–H and O–H groups in total. The highest BCUT2D eigenvalue weighted by Gasteiger charge is 2.13. The van der Waals surface area contributed by atoms with Crippen LogP contribution in [0.4, 0.5) is 0 Å². The van der Waals surface area contributed by atoms with Crippen LogP contribution in [0.1, 0.15) is 30.6 Å². The van der Waals surface area contributed by atoms with Gasteiger partial charge in [0.15, 0.2) is 5.78 Å². The molecule has 0 aliphatic carbocycles. The highest BCUT2D eigenvalue weighted by atomic mass is 16.1. The molecule has 2 aromatic rings. The van der Waals surface area contributed by atoms with Gasteiger partial charge in [-0.2, -0.15) is 0 Å². The van der Waals surface area contributed by atoms with Gasteiger partial charge in [-0.15, -0.1) is 0 Å². The summed E-state index contributed by atoms with van der Waals surface area (Å²) in [5.74, 6) is 0.155. The summed E-state index contributed by atoms with van der Waals surface area (Å²) in [4.78, 5) is 24.4. The maximum atomic E-state index is 12.3. The fourth-order valence-corrected chi connectivity index (χ4v) is 1.98. The van der Waals surface area contributed by atoms with Crippen LogP contribution in [0.3, 0.4) is 0 Å². The van der Waals surface area contributed by atoms with Crippen LogP contribution in [-0.4, -0.2) is 10.4 Å². The second-order valence-electron chi connectivity index (χ2n) is 4.95. The Bertz CT molecular complexity index is 627. The average Bonchev–Trinajstić information content (AvgIpc) is 2.39. The molecule has 19 heavy (non-hydrogen) atoms. The monoisotopic (exact) mass is 255 g/mol. The molecule has 0 fully saturated rings. The van der Waals surface area contributed by atoms with Gasteiger partial charge >= 0.3 is 0 Å². The van der Waals surface area contributed by atoms with Crippen LogP contribution in [0.2, 0.25) is 0 Å². The van der Waals surface area contributed by atoms with Gasteiger partial charge in [0, 0.05) is 18.3 Å². The number of pyridine rings is 1. The molecule has 0 radical (unpaired) electrons. The minimum absolute atomic E-state index is 0.0923. The van der Waals surface area contributed by atoms with Gasteiger partial charge in [-0.3, -0.25) is 14.2 Å². The van der Waals surface area contributed by atoms with Crippen molar-refractivity contribution in [2.45, 2.75) is 20.3 Å². The van der Waals surface area contributed by atoms with Crippen molar-refractivity contribution in [3.63, 3.8) is 0 Å². The van der Waals surface area contributed by atoms with Crippen molar-refractivity contribution < 1.29 is 4.79 Å². The van der Waals surface area contributed by atoms with Crippen molar-refractivity contribution in [3.05, 3.63) is 64.6 Å². The van der Waals surface area contributed by atoms with Crippen molar-refractivity contribution in [3.8, 4) is 5.69 Å². The molecule has 1 aromatic carbocycles. The minimum atomic E-state index is -0.251. The van der Waals surface area contributed by atoms with Gasteiger partial charge < -0.3 is 0 Å². The first-order chi connectivity index (χ1) is 9.09. The zero-order valence-electron chi connectivity index (χ0n) is 11.2. The number of rotatable bonds is 4. The van der Waals surface area contributed by atoms with Gasteiger partial charge in [0.25, 0.3) is 5.56 Å². The summed E-state index contributed by atoms with van der Waals surface area (Å²) in [6.45, 7) is 3.94. The average molecular weight is 255 g/mol. The van der Waals surface area contributed by atoms with E-state index in [1.807, 2.05) is 44.2 Å². The van der Waals surface area contributed by atoms with Crippen molar-refractivity contribution >= 4 is 5.78 Å². The van der Waals surface area contributed by atoms with E-state index in [4.69, 9.17) is 0 Å². The summed E-state index contributed by atoms with van der Waals surface area (Å²) in [7, 11) is 0. The van der Waals surface area contributed by atoms with Crippen LogP contribution in [0.5, 0.6) is 0 Å². The van der Waals surface area contributed by atoms with Gasteiger partial charge in [-0.25, -0.2) is 0 Å². The Kier molecular flexibility index (Phi) is 3.95. The number of Topliss-reactive ketones (excluding diaryl/α,β-unsaturated/α-hetero) is 1. The normalized spacial score (nSPS) is 10.7. The topological polar surface area (TPSA) is 39.1 Å². The van der Waals surface area contributed by atoms with Crippen molar-refractivity contribution in [1.29, 1.82) is 0 Å². The first kappa shape index (κ1) is 13.3. The summed E-state index contributed by atoms with van der Waals surface area (Å²) < 4.78 is 1.51. The highest BCUT2D eigenvalue weighted by Crippen LogP contribution is 2.08. The number of aromatic nitrogens is 1. The number of carbonyl (C=O) groups excluding carboxylic acids is 1. The Labute approximate surface area is 112 Å². The second kappa shape index (κ2) is 5.65. The molecule has 1 heterocycles. The van der Waals surface area contributed by atoms with Crippen LogP contribution in [0.15, 0.2) is 53.5 Å². The first-order valence-electron chi connectivity index (χ1n) is 6.40. The van der Waals surface area contributed by atoms with E-state index in [2.05, 4.69) is 0 Å². The number of carbonyl (C=O) groups is 1. The lowest BCUT2D eigenvalue weighted by atomic mass is 10.0. The standard InChI is InChI=1S/C16H17NO2/c1-12(2)11-15(18)14-9-6-10-17(16(14)19)13-7-4-3-5-8-13/h3-10,12H,11H2,1-2H3. The Morgan fingerprint density at radius 1 is 1.11 bits per heavy atom. The molecule has 0 aliphatic heterocycles. The lowest BCUT2D eigenvalue weighted by molar-refractivity contribution is 0.0966. The van der Waals surface area contributed by atoms with Crippen molar-refractivity contribution in [1.82, 2.24) is 4.57 Å². The molecule has 0 saturated carbocycles. The summed E-state index contributed by atoms with van der Waals surface area (Å²) in [5.41, 5.74) is 0.783. The van der Waals surface area contributed by atoms with E-state index in [-0.39, 0.29) is 22.8 Å². The third kappa shape index (κ3) is 2.99. The molecule has 0 atom stereocenters. The maximum absolute atomic E-state index is 12.3. The highest BCUT2D eigenvalue weighted by molar-refractivity contribution is 5.95. The third-order valence-electron chi connectivity index (χ3n) is 2.88. The lowest BCUT2D eigenvalue weighted by Gasteiger charge is -2.08. The van der Waals surface area contributed by atoms with Crippen molar-refractivity contribution in [2.24, 2.45) is 5.92 Å². The molecule has 98 valence electrons. The smallest absolute Gasteiger partial charge is 0.265 e. The molecule has 3 heteroatoms. The third-order valence-corrected chi connectivity index (χ3v) is 2.88. The molecule has 0 spiro atoms. The number of hydrogen-bond donors (Lipinski definition) is 0. The second-order valence-corrected chi connectivity index (χ2v) is 4.95. The van der Waals surface area contributed by atoms with Gasteiger partial charge in [0.1, 0.15) is 0 Å². The Balaban J connectivity index is 2.45. The van der Waals surface area contributed by atoms with Crippen LogP contribution < -0.4 is 5.56 Å². The quantitative estimate of drug-likeness (QED) is 0.788. The molecule has 0 saturated heterocycles. The fraction of sp³-hybridized carbons (Fsp3) is 0.250. The van der Waals surface area contributed by atoms with Crippen LogP contribution in [0, 0.1) is 5.92 Å². The van der Waals surface area contributed by atoms with Gasteiger partial charge in [-0.1, -0.05) is 32.0 Å². The predicted molar refractivity (Wildman–Crippen MR) is 75.8 cm³/mol. The van der Waals surface area contributed by atoms with Crippen LogP contribution in [0.25, 0.3) is 5.69 Å². The predicted octanol–water partition coefficient (Wildman–Crippen LogP) is 3.07. The van der Waals surface area contributed by atoms with Gasteiger partial charge in [0.05, 0.1) is 5.56 Å². The maximum Gasteiger partial charge on any atom is 0.265 e. The first-order valence-corrected chi connectivity index (χ1v) is 6.40. The van der Waals surface area contributed by atoms with E-state index in [0.717, 1.165) is 5.69 Å². The molecular formula is C16H17NO2. The van der Waals surface area contributed by atoms with E-state index in [0.29, 0.717) is 6.42 Å². The summed E-state index contributed by atoms with van der Waals surface area (Å²) >= 11 is 0. The lowest BCUT2D eigenvalue weighted by Crippen LogP contribution is -2.25. The van der Waals surface area contributed by atoms with E-state index >= 15 is 0 Å². The van der Waals surface area contributed by atoms with E-state index in [1.54, 1.807) is 18.3 Å². The summed E-state index contributed by atoms with van der Waals surface area (Å²) in [6, 6.07) is 12.7. The van der Waals surface area contributed by atoms with Gasteiger partial charge in [-0.05, 0) is 30.2 Å². The number of para-hydroxylation sites is 1. The fourth-order valence-electron chi connectivity index (χ4n) is 1.98.